The molecule has 1 saturated heterocycles. The van der Waals surface area contributed by atoms with Gasteiger partial charge in [-0.05, 0) is 51.6 Å². The molecule has 0 amide bonds. The summed E-state index contributed by atoms with van der Waals surface area (Å²) >= 11 is 1.69. The van der Waals surface area contributed by atoms with Crippen molar-refractivity contribution in [2.45, 2.75) is 52.5 Å². The van der Waals surface area contributed by atoms with E-state index in [-0.39, 0.29) is 6.04 Å². The second-order valence-electron chi connectivity index (χ2n) is 8.28. The molecule has 3 N–H and O–H groups in total. The maximum Gasteiger partial charge on any atom is 0.163 e. The second-order valence-corrected chi connectivity index (χ2v) is 9.17. The molecule has 1 atom stereocenters. The molecule has 0 spiro atoms. The van der Waals surface area contributed by atoms with Gasteiger partial charge in [0.2, 0.25) is 0 Å². The topological polar surface area (TPSA) is 79.2 Å². The molecule has 4 rings (SSSR count). The Bertz CT molecular complexity index is 955. The first-order valence-electron chi connectivity index (χ1n) is 10.5. The number of nitrogens with zero attached hydrogens (tertiary/aromatic N) is 4. The van der Waals surface area contributed by atoms with Gasteiger partial charge in [-0.1, -0.05) is 13.8 Å². The average molecular weight is 414 g/mol. The Hall–Kier alpha value is -2.19. The summed E-state index contributed by atoms with van der Waals surface area (Å²) in [6.07, 6.45) is 4.36. The molecule has 0 saturated carbocycles. The fourth-order valence-electron chi connectivity index (χ4n) is 3.77. The lowest BCUT2D eigenvalue weighted by Crippen LogP contribution is -2.31. The standard InChI is InChI=1S/C21H31N7S/c1-13(2)17-11-24-28-19(26-15(4)21-25-14(3)12-29-21)9-18(27-20(17)28)23-10-16-5-7-22-8-6-16/h9,11-13,15-16,22,26H,5-8,10H2,1-4H3,(H,23,27). The number of aromatic nitrogens is 4. The molecule has 1 fully saturated rings. The number of nitrogens with one attached hydrogen (secondary N) is 3. The van der Waals surface area contributed by atoms with Crippen LogP contribution in [0.2, 0.25) is 0 Å². The van der Waals surface area contributed by atoms with Gasteiger partial charge in [-0.2, -0.15) is 9.61 Å². The minimum atomic E-state index is 0.100. The highest BCUT2D eigenvalue weighted by Gasteiger charge is 2.18. The molecule has 29 heavy (non-hydrogen) atoms. The normalized spacial score (nSPS) is 16.4. The van der Waals surface area contributed by atoms with E-state index >= 15 is 0 Å². The molecular weight excluding hydrogens is 382 g/mol. The Morgan fingerprint density at radius 3 is 2.72 bits per heavy atom. The molecule has 156 valence electrons. The quantitative estimate of drug-likeness (QED) is 0.539. The van der Waals surface area contributed by atoms with Crippen LogP contribution in [-0.2, 0) is 0 Å². The fourth-order valence-corrected chi connectivity index (χ4v) is 4.57. The first kappa shape index (κ1) is 20.1. The molecular formula is C21H31N7S. The number of hydrogen-bond acceptors (Lipinski definition) is 7. The Morgan fingerprint density at radius 1 is 1.24 bits per heavy atom. The van der Waals surface area contributed by atoms with E-state index in [4.69, 9.17) is 4.98 Å². The van der Waals surface area contributed by atoms with Crippen LogP contribution in [0.1, 0.15) is 61.8 Å². The van der Waals surface area contributed by atoms with Crippen LogP contribution in [0, 0.1) is 12.8 Å². The minimum absolute atomic E-state index is 0.100. The van der Waals surface area contributed by atoms with E-state index in [1.54, 1.807) is 11.3 Å². The Labute approximate surface area is 176 Å². The van der Waals surface area contributed by atoms with Gasteiger partial charge < -0.3 is 16.0 Å². The van der Waals surface area contributed by atoms with Crippen LogP contribution in [0.15, 0.2) is 17.6 Å². The van der Waals surface area contributed by atoms with Crippen LogP contribution in [0.4, 0.5) is 11.6 Å². The molecule has 1 aliphatic heterocycles. The van der Waals surface area contributed by atoms with Gasteiger partial charge in [-0.15, -0.1) is 11.3 Å². The molecule has 0 radical (unpaired) electrons. The zero-order chi connectivity index (χ0) is 20.4. The highest BCUT2D eigenvalue weighted by molar-refractivity contribution is 7.09. The van der Waals surface area contributed by atoms with Crippen LogP contribution in [0.5, 0.6) is 0 Å². The number of rotatable bonds is 7. The van der Waals surface area contributed by atoms with Gasteiger partial charge in [0.25, 0.3) is 0 Å². The zero-order valence-electron chi connectivity index (χ0n) is 17.7. The van der Waals surface area contributed by atoms with Crippen molar-refractivity contribution < 1.29 is 0 Å². The summed E-state index contributed by atoms with van der Waals surface area (Å²) in [5, 5.41) is 18.4. The molecule has 8 heteroatoms. The summed E-state index contributed by atoms with van der Waals surface area (Å²) in [6.45, 7) is 11.7. The number of piperidine rings is 1. The van der Waals surface area contributed by atoms with Crippen LogP contribution in [0.3, 0.4) is 0 Å². The molecule has 0 bridgehead atoms. The van der Waals surface area contributed by atoms with E-state index in [9.17, 15) is 0 Å². The van der Waals surface area contributed by atoms with Gasteiger partial charge in [0.05, 0.1) is 12.2 Å². The van der Waals surface area contributed by atoms with Gasteiger partial charge in [0, 0.05) is 29.2 Å². The lowest BCUT2D eigenvalue weighted by molar-refractivity contribution is 0.389. The van der Waals surface area contributed by atoms with Crippen molar-refractivity contribution in [3.8, 4) is 0 Å². The Balaban J connectivity index is 1.62. The molecule has 3 aromatic rings. The molecule has 3 aromatic heterocycles. The molecule has 0 aliphatic carbocycles. The summed E-state index contributed by atoms with van der Waals surface area (Å²) in [5.74, 6) is 2.91. The van der Waals surface area contributed by atoms with E-state index in [0.717, 1.165) is 53.2 Å². The fraction of sp³-hybridized carbons (Fsp3) is 0.571. The van der Waals surface area contributed by atoms with E-state index in [1.807, 2.05) is 17.6 Å². The van der Waals surface area contributed by atoms with Gasteiger partial charge >= 0.3 is 0 Å². The van der Waals surface area contributed by atoms with Crippen LogP contribution in [0.25, 0.3) is 5.65 Å². The third-order valence-electron chi connectivity index (χ3n) is 5.52. The predicted molar refractivity (Wildman–Crippen MR) is 120 cm³/mol. The molecule has 1 aliphatic rings. The highest BCUT2D eigenvalue weighted by Crippen LogP contribution is 2.27. The van der Waals surface area contributed by atoms with E-state index in [0.29, 0.717) is 11.8 Å². The van der Waals surface area contributed by atoms with Crippen molar-refractivity contribution in [3.05, 3.63) is 33.9 Å². The number of anilines is 2. The maximum atomic E-state index is 4.91. The SMILES string of the molecule is Cc1csc(C(C)Nc2cc(NCC3CCNCC3)nc3c(C(C)C)cnn23)n1. The monoisotopic (exact) mass is 413 g/mol. The van der Waals surface area contributed by atoms with Crippen LogP contribution in [-0.4, -0.2) is 39.2 Å². The van der Waals surface area contributed by atoms with E-state index in [1.165, 1.54) is 12.8 Å². The van der Waals surface area contributed by atoms with Crippen molar-refractivity contribution in [1.82, 2.24) is 24.9 Å². The van der Waals surface area contributed by atoms with Gasteiger partial charge in [-0.25, -0.2) is 9.97 Å². The van der Waals surface area contributed by atoms with E-state index < -0.39 is 0 Å². The third kappa shape index (κ3) is 4.53. The number of aryl methyl sites for hydroxylation is 1. The number of fused-ring (bicyclic) bond motifs is 1. The highest BCUT2D eigenvalue weighted by atomic mass is 32.1. The number of thiazole rings is 1. The first-order valence-corrected chi connectivity index (χ1v) is 11.4. The third-order valence-corrected chi connectivity index (χ3v) is 6.67. The maximum absolute atomic E-state index is 4.91. The van der Waals surface area contributed by atoms with Crippen molar-refractivity contribution >= 4 is 28.6 Å². The van der Waals surface area contributed by atoms with E-state index in [2.05, 4.69) is 58.3 Å². The summed E-state index contributed by atoms with van der Waals surface area (Å²) in [7, 11) is 0. The molecule has 1 unspecified atom stereocenters. The van der Waals surface area contributed by atoms with Crippen LogP contribution >= 0.6 is 11.3 Å². The second kappa shape index (κ2) is 8.67. The number of hydrogen-bond donors (Lipinski definition) is 3. The predicted octanol–water partition coefficient (Wildman–Crippen LogP) is 4.20. The Morgan fingerprint density at radius 2 is 2.03 bits per heavy atom. The van der Waals surface area contributed by atoms with Crippen molar-refractivity contribution in [2.24, 2.45) is 5.92 Å². The first-order chi connectivity index (χ1) is 14.0. The summed E-state index contributed by atoms with van der Waals surface area (Å²) in [4.78, 5) is 9.54. The Kier molecular flexibility index (Phi) is 6.01. The van der Waals surface area contributed by atoms with Crippen LogP contribution < -0.4 is 16.0 Å². The van der Waals surface area contributed by atoms with Crippen molar-refractivity contribution in [1.29, 1.82) is 0 Å². The minimum Gasteiger partial charge on any atom is -0.370 e. The summed E-state index contributed by atoms with van der Waals surface area (Å²) in [5.41, 5.74) is 3.14. The lowest BCUT2D eigenvalue weighted by atomic mass is 9.98. The van der Waals surface area contributed by atoms with Crippen molar-refractivity contribution in [3.63, 3.8) is 0 Å². The molecule has 7 nitrogen and oxygen atoms in total. The largest absolute Gasteiger partial charge is 0.370 e. The van der Waals surface area contributed by atoms with Crippen molar-refractivity contribution in [2.75, 3.05) is 30.3 Å². The molecule has 4 heterocycles. The smallest absolute Gasteiger partial charge is 0.163 e. The van der Waals surface area contributed by atoms with Gasteiger partial charge in [0.15, 0.2) is 5.65 Å². The van der Waals surface area contributed by atoms with Gasteiger partial charge in [-0.3, -0.25) is 0 Å². The zero-order valence-corrected chi connectivity index (χ0v) is 18.5. The average Bonchev–Trinajstić information content (AvgIpc) is 3.33. The van der Waals surface area contributed by atoms with Gasteiger partial charge in [0.1, 0.15) is 16.6 Å². The summed E-state index contributed by atoms with van der Waals surface area (Å²) in [6, 6.07) is 2.17. The lowest BCUT2D eigenvalue weighted by Gasteiger charge is -2.23. The summed E-state index contributed by atoms with van der Waals surface area (Å²) < 4.78 is 1.92. The molecule has 0 aromatic carbocycles.